The lowest BCUT2D eigenvalue weighted by Crippen LogP contribution is -2.45. The van der Waals surface area contributed by atoms with Crippen LogP contribution in [0.2, 0.25) is 0 Å². The van der Waals surface area contributed by atoms with Crippen molar-refractivity contribution in [1.29, 1.82) is 0 Å². The van der Waals surface area contributed by atoms with Crippen LogP contribution in [-0.4, -0.2) is 64.7 Å². The normalized spacial score (nSPS) is 20.6. The van der Waals surface area contributed by atoms with E-state index in [0.29, 0.717) is 12.5 Å². The number of para-hydroxylation sites is 1. The van der Waals surface area contributed by atoms with E-state index in [0.717, 1.165) is 63.7 Å². The van der Waals surface area contributed by atoms with Crippen LogP contribution in [0.25, 0.3) is 5.69 Å². The molecule has 1 unspecified atom stereocenters. The molecular formula is C20H29N5O2. The fraction of sp³-hybridized carbons (Fsp3) is 0.600. The third-order valence-electron chi connectivity index (χ3n) is 5.69. The van der Waals surface area contributed by atoms with E-state index >= 15 is 0 Å². The lowest BCUT2D eigenvalue weighted by molar-refractivity contribution is 0.0160. The number of morpholine rings is 1. The third-order valence-corrected chi connectivity index (χ3v) is 5.69. The molecule has 0 saturated carbocycles. The summed E-state index contributed by atoms with van der Waals surface area (Å²) in [7, 11) is 0. The second-order valence-corrected chi connectivity index (χ2v) is 7.52. The average Bonchev–Trinajstić information content (AvgIpc) is 3.06. The first-order valence-electron chi connectivity index (χ1n) is 10.0. The number of rotatable bonds is 5. The molecule has 2 saturated heterocycles. The van der Waals surface area contributed by atoms with Crippen molar-refractivity contribution in [2.24, 2.45) is 0 Å². The maximum absolute atomic E-state index is 13.3. The fourth-order valence-corrected chi connectivity index (χ4v) is 4.09. The summed E-state index contributed by atoms with van der Waals surface area (Å²) >= 11 is 0. The molecule has 27 heavy (non-hydrogen) atoms. The zero-order valence-electron chi connectivity index (χ0n) is 16.0. The molecular weight excluding hydrogens is 342 g/mol. The summed E-state index contributed by atoms with van der Waals surface area (Å²) in [5.41, 5.74) is 0.871. The summed E-state index contributed by atoms with van der Waals surface area (Å²) in [5.74, 6) is 1.22. The summed E-state index contributed by atoms with van der Waals surface area (Å²) in [6.07, 6.45) is 2.03. The quantitative estimate of drug-likeness (QED) is 0.856. The van der Waals surface area contributed by atoms with Gasteiger partial charge in [-0.1, -0.05) is 18.2 Å². The van der Waals surface area contributed by atoms with E-state index in [-0.39, 0.29) is 11.7 Å². The van der Waals surface area contributed by atoms with Crippen molar-refractivity contribution in [2.45, 2.75) is 38.3 Å². The highest BCUT2D eigenvalue weighted by Gasteiger charge is 2.26. The highest BCUT2D eigenvalue weighted by molar-refractivity contribution is 5.33. The van der Waals surface area contributed by atoms with Gasteiger partial charge in [0, 0.05) is 25.0 Å². The summed E-state index contributed by atoms with van der Waals surface area (Å²) in [6, 6.07) is 10.2. The second kappa shape index (κ2) is 8.37. The van der Waals surface area contributed by atoms with E-state index in [2.05, 4.69) is 17.1 Å². The fourth-order valence-electron chi connectivity index (χ4n) is 4.09. The molecule has 2 fully saturated rings. The van der Waals surface area contributed by atoms with Gasteiger partial charge in [0.05, 0.1) is 25.4 Å². The second-order valence-electron chi connectivity index (χ2n) is 7.52. The Bertz CT molecular complexity index is 788. The number of piperidine rings is 1. The van der Waals surface area contributed by atoms with E-state index in [4.69, 9.17) is 9.84 Å². The smallest absolute Gasteiger partial charge is 0.350 e. The molecule has 0 bridgehead atoms. The number of ether oxygens (including phenoxy) is 1. The minimum absolute atomic E-state index is 0.0326. The zero-order valence-corrected chi connectivity index (χ0v) is 16.0. The third kappa shape index (κ3) is 4.00. The van der Waals surface area contributed by atoms with Gasteiger partial charge in [-0.05, 0) is 45.0 Å². The van der Waals surface area contributed by atoms with E-state index in [1.165, 1.54) is 0 Å². The van der Waals surface area contributed by atoms with Crippen LogP contribution in [-0.2, 0) is 11.3 Å². The Labute approximate surface area is 159 Å². The van der Waals surface area contributed by atoms with Crippen molar-refractivity contribution in [3.8, 4) is 5.69 Å². The molecule has 4 rings (SSSR count). The molecule has 2 aliphatic heterocycles. The Balaban J connectivity index is 1.66. The predicted octanol–water partition coefficient (Wildman–Crippen LogP) is 1.22. The van der Waals surface area contributed by atoms with Crippen molar-refractivity contribution in [3.63, 3.8) is 0 Å². The number of aromatic nitrogens is 3. The minimum atomic E-state index is -0.0326. The summed E-state index contributed by atoms with van der Waals surface area (Å²) in [4.78, 5) is 15.6. The summed E-state index contributed by atoms with van der Waals surface area (Å²) in [6.45, 7) is 8.08. The summed E-state index contributed by atoms with van der Waals surface area (Å²) in [5, 5.41) is 8.23. The van der Waals surface area contributed by atoms with Crippen LogP contribution in [0.3, 0.4) is 0 Å². The molecule has 7 heteroatoms. The van der Waals surface area contributed by atoms with Crippen molar-refractivity contribution >= 4 is 0 Å². The Kier molecular flexibility index (Phi) is 5.71. The molecule has 0 aliphatic carbocycles. The maximum Gasteiger partial charge on any atom is 0.350 e. The maximum atomic E-state index is 13.3. The highest BCUT2D eigenvalue weighted by Crippen LogP contribution is 2.24. The van der Waals surface area contributed by atoms with Gasteiger partial charge in [0.15, 0.2) is 0 Å². The van der Waals surface area contributed by atoms with Gasteiger partial charge in [-0.25, -0.2) is 14.0 Å². The molecule has 7 nitrogen and oxygen atoms in total. The van der Waals surface area contributed by atoms with E-state index in [9.17, 15) is 4.79 Å². The van der Waals surface area contributed by atoms with Gasteiger partial charge in [0.25, 0.3) is 0 Å². The van der Waals surface area contributed by atoms with Crippen LogP contribution in [0.15, 0.2) is 35.1 Å². The van der Waals surface area contributed by atoms with Crippen LogP contribution < -0.4 is 11.0 Å². The van der Waals surface area contributed by atoms with Gasteiger partial charge in [-0.3, -0.25) is 4.90 Å². The first-order valence-corrected chi connectivity index (χ1v) is 10.0. The Morgan fingerprint density at radius 2 is 1.89 bits per heavy atom. The molecule has 2 aromatic rings. The molecule has 0 radical (unpaired) electrons. The molecule has 1 N–H and O–H groups in total. The van der Waals surface area contributed by atoms with Gasteiger partial charge in [-0.2, -0.15) is 5.10 Å². The van der Waals surface area contributed by atoms with Crippen molar-refractivity contribution < 1.29 is 4.74 Å². The van der Waals surface area contributed by atoms with Crippen LogP contribution in [0.4, 0.5) is 0 Å². The largest absolute Gasteiger partial charge is 0.379 e. The molecule has 0 amide bonds. The summed E-state index contributed by atoms with van der Waals surface area (Å²) < 4.78 is 8.94. The molecule has 146 valence electrons. The predicted molar refractivity (Wildman–Crippen MR) is 105 cm³/mol. The first kappa shape index (κ1) is 18.4. The van der Waals surface area contributed by atoms with Crippen molar-refractivity contribution in [1.82, 2.24) is 24.6 Å². The first-order chi connectivity index (χ1) is 13.2. The van der Waals surface area contributed by atoms with Gasteiger partial charge in [0.2, 0.25) is 0 Å². The van der Waals surface area contributed by atoms with Gasteiger partial charge < -0.3 is 10.1 Å². The number of nitrogens with zero attached hydrogens (tertiary/aromatic N) is 4. The SMILES string of the molecule is CC(Cn1nc(C2CCNCC2)n(-c2ccccc2)c1=O)N1CCOCC1. The van der Waals surface area contributed by atoms with Crippen LogP contribution in [0, 0.1) is 0 Å². The Morgan fingerprint density at radius 1 is 1.19 bits per heavy atom. The Hall–Kier alpha value is -1.96. The molecule has 1 aromatic carbocycles. The highest BCUT2D eigenvalue weighted by atomic mass is 16.5. The van der Waals surface area contributed by atoms with Crippen LogP contribution in [0.1, 0.15) is 31.5 Å². The number of benzene rings is 1. The number of nitrogens with one attached hydrogen (secondary N) is 1. The van der Waals surface area contributed by atoms with Crippen LogP contribution >= 0.6 is 0 Å². The molecule has 2 aliphatic rings. The van der Waals surface area contributed by atoms with E-state index < -0.39 is 0 Å². The van der Waals surface area contributed by atoms with Crippen molar-refractivity contribution in [2.75, 3.05) is 39.4 Å². The molecule has 0 spiro atoms. The lowest BCUT2D eigenvalue weighted by atomic mass is 9.97. The van der Waals surface area contributed by atoms with Crippen molar-refractivity contribution in [3.05, 3.63) is 46.6 Å². The lowest BCUT2D eigenvalue weighted by Gasteiger charge is -2.31. The molecule has 1 atom stereocenters. The Morgan fingerprint density at radius 3 is 2.59 bits per heavy atom. The van der Waals surface area contributed by atoms with Gasteiger partial charge in [-0.15, -0.1) is 0 Å². The molecule has 1 aromatic heterocycles. The van der Waals surface area contributed by atoms with Gasteiger partial charge >= 0.3 is 5.69 Å². The van der Waals surface area contributed by atoms with E-state index in [1.54, 1.807) is 4.68 Å². The number of hydrogen-bond donors (Lipinski definition) is 1. The number of hydrogen-bond acceptors (Lipinski definition) is 5. The van der Waals surface area contributed by atoms with Gasteiger partial charge in [0.1, 0.15) is 5.82 Å². The minimum Gasteiger partial charge on any atom is -0.379 e. The average molecular weight is 371 g/mol. The standard InChI is InChI=1S/C20H29N5O2/c1-16(23-11-13-27-14-12-23)15-24-20(26)25(18-5-3-2-4-6-18)19(22-24)17-7-9-21-10-8-17/h2-6,16-17,21H,7-15H2,1H3. The van der Waals surface area contributed by atoms with Crippen LogP contribution in [0.5, 0.6) is 0 Å². The monoisotopic (exact) mass is 371 g/mol. The molecule has 3 heterocycles. The topological polar surface area (TPSA) is 64.3 Å². The zero-order chi connectivity index (χ0) is 18.6. The van der Waals surface area contributed by atoms with E-state index in [1.807, 2.05) is 34.9 Å².